The zero-order valence-electron chi connectivity index (χ0n) is 20.4. The van der Waals surface area contributed by atoms with Gasteiger partial charge in [-0.25, -0.2) is 13.2 Å². The highest BCUT2D eigenvalue weighted by atomic mass is 35.5. The predicted molar refractivity (Wildman–Crippen MR) is 148 cm³/mol. The van der Waals surface area contributed by atoms with Crippen LogP contribution in [0.4, 0.5) is 5.69 Å². The molecule has 1 heterocycles. The van der Waals surface area contributed by atoms with Crippen LogP contribution in [0.2, 0.25) is 10.0 Å². The molecule has 7 nitrogen and oxygen atoms in total. The van der Waals surface area contributed by atoms with Gasteiger partial charge in [-0.3, -0.25) is 4.99 Å². The van der Waals surface area contributed by atoms with E-state index < -0.39 is 16.0 Å². The second kappa shape index (κ2) is 12.4. The largest absolute Gasteiger partial charge is 0.462 e. The normalized spacial score (nSPS) is 11.8. The Bertz CT molecular complexity index is 1510. The monoisotopic (exact) mass is 570 g/mol. The first-order chi connectivity index (χ1) is 18.2. The molecule has 10 heteroatoms. The lowest BCUT2D eigenvalue weighted by molar-refractivity contribution is 0.0526. The van der Waals surface area contributed by atoms with E-state index in [0.717, 1.165) is 5.56 Å². The second-order valence-electron chi connectivity index (χ2n) is 8.18. The summed E-state index contributed by atoms with van der Waals surface area (Å²) in [5, 5.41) is 1.00. The standard InChI is InChI=1S/C28H24Cl2N2O5S/c1-2-36-28(33)21-5-11-24(12-6-21)31-17-25-13-14-26(37-25)19-32(18-20-3-7-22(29)8-4-20)38(34,35)27-15-9-23(30)10-16-27/h3-17H,2,18-19H2,1H3. The molecule has 0 aliphatic heterocycles. The lowest BCUT2D eigenvalue weighted by Crippen LogP contribution is -2.30. The average molecular weight is 571 g/mol. The average Bonchev–Trinajstić information content (AvgIpc) is 3.36. The third-order valence-corrected chi connectivity index (χ3v) is 7.77. The molecule has 0 bridgehead atoms. The highest BCUT2D eigenvalue weighted by Crippen LogP contribution is 2.24. The van der Waals surface area contributed by atoms with Crippen molar-refractivity contribution in [3.8, 4) is 0 Å². The zero-order valence-corrected chi connectivity index (χ0v) is 22.7. The number of benzene rings is 3. The van der Waals surface area contributed by atoms with E-state index in [9.17, 15) is 13.2 Å². The molecule has 0 aliphatic rings. The maximum atomic E-state index is 13.5. The number of esters is 1. The van der Waals surface area contributed by atoms with Crippen LogP contribution in [0.1, 0.15) is 34.4 Å². The quantitative estimate of drug-likeness (QED) is 0.153. The molecule has 38 heavy (non-hydrogen) atoms. The molecule has 0 amide bonds. The van der Waals surface area contributed by atoms with Crippen molar-refractivity contribution < 1.29 is 22.4 Å². The first kappa shape index (κ1) is 27.6. The van der Waals surface area contributed by atoms with Crippen LogP contribution in [-0.2, 0) is 27.8 Å². The number of nitrogens with zero attached hydrogens (tertiary/aromatic N) is 2. The Morgan fingerprint density at radius 3 is 2.16 bits per heavy atom. The first-order valence-corrected chi connectivity index (χ1v) is 13.8. The molecular weight excluding hydrogens is 547 g/mol. The maximum Gasteiger partial charge on any atom is 0.338 e. The van der Waals surface area contributed by atoms with Gasteiger partial charge in [0.05, 0.1) is 35.5 Å². The maximum absolute atomic E-state index is 13.5. The van der Waals surface area contributed by atoms with Crippen molar-refractivity contribution in [2.45, 2.75) is 24.9 Å². The third kappa shape index (κ3) is 7.11. The number of furan rings is 1. The van der Waals surface area contributed by atoms with Gasteiger partial charge in [-0.05, 0) is 85.3 Å². The molecule has 0 radical (unpaired) electrons. The van der Waals surface area contributed by atoms with Gasteiger partial charge >= 0.3 is 5.97 Å². The summed E-state index contributed by atoms with van der Waals surface area (Å²) >= 11 is 12.0. The van der Waals surface area contributed by atoms with E-state index in [-0.39, 0.29) is 18.0 Å². The SMILES string of the molecule is CCOC(=O)c1ccc(N=Cc2ccc(CN(Cc3ccc(Cl)cc3)S(=O)(=O)c3ccc(Cl)cc3)o2)cc1. The number of hydrogen-bond acceptors (Lipinski definition) is 6. The van der Waals surface area contributed by atoms with E-state index in [2.05, 4.69) is 4.99 Å². The van der Waals surface area contributed by atoms with Crippen LogP contribution in [0.25, 0.3) is 0 Å². The fourth-order valence-electron chi connectivity index (χ4n) is 3.53. The number of carbonyl (C=O) groups is 1. The van der Waals surface area contributed by atoms with Gasteiger partial charge in [0, 0.05) is 16.6 Å². The van der Waals surface area contributed by atoms with Crippen molar-refractivity contribution in [1.82, 2.24) is 4.31 Å². The summed E-state index contributed by atoms with van der Waals surface area (Å²) in [6.07, 6.45) is 1.53. The van der Waals surface area contributed by atoms with Crippen molar-refractivity contribution in [1.29, 1.82) is 0 Å². The van der Waals surface area contributed by atoms with E-state index in [0.29, 0.717) is 39.4 Å². The first-order valence-electron chi connectivity index (χ1n) is 11.6. The number of aliphatic imine (C=N–C) groups is 1. The van der Waals surface area contributed by atoms with E-state index in [4.69, 9.17) is 32.4 Å². The highest BCUT2D eigenvalue weighted by molar-refractivity contribution is 7.89. The van der Waals surface area contributed by atoms with Crippen LogP contribution >= 0.6 is 23.2 Å². The fourth-order valence-corrected chi connectivity index (χ4v) is 5.18. The van der Waals surface area contributed by atoms with Gasteiger partial charge in [0.2, 0.25) is 10.0 Å². The number of sulfonamides is 1. The van der Waals surface area contributed by atoms with E-state index in [1.807, 2.05) is 0 Å². The van der Waals surface area contributed by atoms with Gasteiger partial charge in [-0.2, -0.15) is 4.31 Å². The summed E-state index contributed by atoms with van der Waals surface area (Å²) in [4.78, 5) is 16.3. The summed E-state index contributed by atoms with van der Waals surface area (Å²) in [5.41, 5.74) is 1.82. The minimum absolute atomic E-state index is 0.00430. The molecule has 0 N–H and O–H groups in total. The number of halogens is 2. The number of rotatable bonds is 10. The fraction of sp³-hybridized carbons (Fsp3) is 0.143. The molecule has 0 atom stereocenters. The lowest BCUT2D eigenvalue weighted by atomic mass is 10.2. The van der Waals surface area contributed by atoms with Crippen LogP contribution in [-0.4, -0.2) is 31.5 Å². The lowest BCUT2D eigenvalue weighted by Gasteiger charge is -2.21. The molecule has 3 aromatic carbocycles. The molecule has 4 aromatic rings. The van der Waals surface area contributed by atoms with Crippen LogP contribution in [0.5, 0.6) is 0 Å². The molecule has 0 aliphatic carbocycles. The number of hydrogen-bond donors (Lipinski definition) is 0. The topological polar surface area (TPSA) is 89.2 Å². The molecule has 0 spiro atoms. The minimum atomic E-state index is -3.88. The van der Waals surface area contributed by atoms with E-state index >= 15 is 0 Å². The molecule has 0 fully saturated rings. The molecule has 0 saturated carbocycles. The van der Waals surface area contributed by atoms with Crippen LogP contribution < -0.4 is 0 Å². The van der Waals surface area contributed by atoms with Gasteiger partial charge in [0.1, 0.15) is 11.5 Å². The molecule has 4 rings (SSSR count). The Hall–Kier alpha value is -3.43. The van der Waals surface area contributed by atoms with Gasteiger partial charge in [-0.1, -0.05) is 35.3 Å². The summed E-state index contributed by atoms with van der Waals surface area (Å²) < 4.78 is 39.2. The molecule has 0 unspecified atom stereocenters. The van der Waals surface area contributed by atoms with Gasteiger partial charge in [0.25, 0.3) is 0 Å². The Labute approximate surface area is 231 Å². The summed E-state index contributed by atoms with van der Waals surface area (Å²) in [6.45, 7) is 2.16. The van der Waals surface area contributed by atoms with Crippen LogP contribution in [0, 0.1) is 0 Å². The summed E-state index contributed by atoms with van der Waals surface area (Å²) in [6, 6.07) is 23.1. The smallest absolute Gasteiger partial charge is 0.338 e. The van der Waals surface area contributed by atoms with E-state index in [1.54, 1.807) is 67.6 Å². The van der Waals surface area contributed by atoms with Gasteiger partial charge < -0.3 is 9.15 Å². The van der Waals surface area contributed by atoms with Crippen LogP contribution in [0.15, 0.2) is 99.2 Å². The van der Waals surface area contributed by atoms with Gasteiger partial charge in [0.15, 0.2) is 0 Å². The Balaban J connectivity index is 1.53. The van der Waals surface area contributed by atoms with Crippen molar-refractivity contribution >= 4 is 51.1 Å². The van der Waals surface area contributed by atoms with Crippen molar-refractivity contribution in [2.75, 3.05) is 6.61 Å². The summed E-state index contributed by atoms with van der Waals surface area (Å²) in [7, 11) is -3.88. The molecule has 196 valence electrons. The number of carbonyl (C=O) groups excluding carboxylic acids is 1. The zero-order chi connectivity index (χ0) is 27.1. The predicted octanol–water partition coefficient (Wildman–Crippen LogP) is 6.90. The van der Waals surface area contributed by atoms with Gasteiger partial charge in [-0.15, -0.1) is 0 Å². The van der Waals surface area contributed by atoms with Crippen LogP contribution in [0.3, 0.4) is 0 Å². The minimum Gasteiger partial charge on any atom is -0.462 e. The molecule has 1 aromatic heterocycles. The van der Waals surface area contributed by atoms with Crippen molar-refractivity contribution in [3.63, 3.8) is 0 Å². The Morgan fingerprint density at radius 2 is 1.53 bits per heavy atom. The summed E-state index contributed by atoms with van der Waals surface area (Å²) in [5.74, 6) is 0.496. The number of ether oxygens (including phenoxy) is 1. The Kier molecular flexibility index (Phi) is 9.01. The van der Waals surface area contributed by atoms with E-state index in [1.165, 1.54) is 34.8 Å². The second-order valence-corrected chi connectivity index (χ2v) is 11.0. The van der Waals surface area contributed by atoms with Crippen molar-refractivity contribution in [3.05, 3.63) is 118 Å². The van der Waals surface area contributed by atoms with Crippen molar-refractivity contribution in [2.24, 2.45) is 4.99 Å². The Morgan fingerprint density at radius 1 is 0.895 bits per heavy atom. The molecule has 0 saturated heterocycles. The highest BCUT2D eigenvalue weighted by Gasteiger charge is 2.26. The third-order valence-electron chi connectivity index (χ3n) is 5.46. The molecular formula is C28H24Cl2N2O5S.